The van der Waals surface area contributed by atoms with E-state index >= 15 is 0 Å². The first-order valence-electron chi connectivity index (χ1n) is 5.16. The Morgan fingerprint density at radius 1 is 1.00 bits per heavy atom. The predicted octanol–water partition coefficient (Wildman–Crippen LogP) is 3.23. The molecule has 0 spiro atoms. The molecule has 0 aliphatic carbocycles. The van der Waals surface area contributed by atoms with E-state index in [9.17, 15) is 0 Å². The molecule has 4 aromatic rings. The van der Waals surface area contributed by atoms with Crippen molar-refractivity contribution in [3.05, 3.63) is 48.9 Å². The molecule has 0 radical (unpaired) electrons. The van der Waals surface area contributed by atoms with Gasteiger partial charge in [0.1, 0.15) is 0 Å². The molecule has 0 fully saturated rings. The lowest BCUT2D eigenvalue weighted by molar-refractivity contribution is 0.442. The van der Waals surface area contributed by atoms with Crippen molar-refractivity contribution in [3.8, 4) is 0 Å². The smallest absolute Gasteiger partial charge is 0.183 e. The highest BCUT2D eigenvalue weighted by Gasteiger charge is 2.09. The molecule has 3 heterocycles. The van der Waals surface area contributed by atoms with Gasteiger partial charge < -0.3 is 8.92 Å². The molecule has 16 heavy (non-hydrogen) atoms. The highest BCUT2D eigenvalue weighted by atomic mass is 16.5. The second-order valence-electron chi connectivity index (χ2n) is 3.89. The van der Waals surface area contributed by atoms with Gasteiger partial charge in [-0.05, 0) is 6.07 Å². The van der Waals surface area contributed by atoms with Crippen molar-refractivity contribution in [3.63, 3.8) is 0 Å². The van der Waals surface area contributed by atoms with Crippen LogP contribution < -0.4 is 0 Å². The van der Waals surface area contributed by atoms with Crippen molar-refractivity contribution >= 4 is 27.3 Å². The van der Waals surface area contributed by atoms with E-state index in [0.29, 0.717) is 0 Å². The molecule has 0 aliphatic rings. The number of fused-ring (bicyclic) bond motifs is 5. The van der Waals surface area contributed by atoms with Gasteiger partial charge in [0.15, 0.2) is 5.58 Å². The molecular weight excluding hydrogens is 200 g/mol. The van der Waals surface area contributed by atoms with Crippen LogP contribution >= 0.6 is 0 Å². The van der Waals surface area contributed by atoms with Gasteiger partial charge in [0.2, 0.25) is 0 Å². The highest BCUT2D eigenvalue weighted by Crippen LogP contribution is 2.29. The normalized spacial score (nSPS) is 11.8. The summed E-state index contributed by atoms with van der Waals surface area (Å²) in [7, 11) is 0. The summed E-state index contributed by atoms with van der Waals surface area (Å²) in [5.41, 5.74) is 2.01. The first-order valence-corrected chi connectivity index (χ1v) is 5.16. The van der Waals surface area contributed by atoms with Gasteiger partial charge >= 0.3 is 0 Å². The molecule has 3 nitrogen and oxygen atoms in total. The number of aromatic nitrogens is 2. The number of nitrogens with zero attached hydrogens (tertiary/aromatic N) is 2. The standard InChI is InChI=1S/C13H8N2O/c1-2-4-10-9(3-1)7-15-8-12-11(13(10)15)5-6-14-16-12/h1-8H. The fourth-order valence-electron chi connectivity index (χ4n) is 2.30. The second-order valence-corrected chi connectivity index (χ2v) is 3.89. The van der Waals surface area contributed by atoms with Gasteiger partial charge in [-0.1, -0.05) is 29.4 Å². The van der Waals surface area contributed by atoms with Crippen LogP contribution in [0.5, 0.6) is 0 Å². The molecule has 0 bridgehead atoms. The van der Waals surface area contributed by atoms with Gasteiger partial charge in [-0.15, -0.1) is 0 Å². The fourth-order valence-corrected chi connectivity index (χ4v) is 2.30. The summed E-state index contributed by atoms with van der Waals surface area (Å²) in [6, 6.07) is 10.3. The molecule has 4 rings (SSSR count). The van der Waals surface area contributed by atoms with Crippen molar-refractivity contribution in [1.82, 2.24) is 9.56 Å². The monoisotopic (exact) mass is 208 g/mol. The Balaban J connectivity index is 2.38. The summed E-state index contributed by atoms with van der Waals surface area (Å²) >= 11 is 0. The van der Waals surface area contributed by atoms with Gasteiger partial charge in [0.05, 0.1) is 17.9 Å². The first kappa shape index (κ1) is 7.93. The zero-order chi connectivity index (χ0) is 10.5. The maximum atomic E-state index is 5.23. The minimum Gasteiger partial charge on any atom is -0.355 e. The van der Waals surface area contributed by atoms with Crippen LogP contribution in [-0.2, 0) is 0 Å². The van der Waals surface area contributed by atoms with Crippen molar-refractivity contribution in [1.29, 1.82) is 0 Å². The Hall–Kier alpha value is -2.29. The third-order valence-corrected chi connectivity index (χ3v) is 2.98. The van der Waals surface area contributed by atoms with E-state index in [-0.39, 0.29) is 0 Å². The molecular formula is C13H8N2O. The number of rotatable bonds is 0. The fraction of sp³-hybridized carbons (Fsp3) is 0. The van der Waals surface area contributed by atoms with Crippen LogP contribution in [0.3, 0.4) is 0 Å². The molecule has 1 aromatic carbocycles. The van der Waals surface area contributed by atoms with E-state index < -0.39 is 0 Å². The molecule has 3 aromatic heterocycles. The van der Waals surface area contributed by atoms with Crippen LogP contribution in [-0.4, -0.2) is 9.56 Å². The molecule has 76 valence electrons. The van der Waals surface area contributed by atoms with Crippen molar-refractivity contribution in [2.75, 3.05) is 0 Å². The van der Waals surface area contributed by atoms with E-state index in [0.717, 1.165) is 11.0 Å². The number of hydrogen-bond donors (Lipinski definition) is 0. The zero-order valence-corrected chi connectivity index (χ0v) is 8.42. The molecule has 0 atom stereocenters. The van der Waals surface area contributed by atoms with Gasteiger partial charge in [-0.25, -0.2) is 0 Å². The van der Waals surface area contributed by atoms with Gasteiger partial charge in [0, 0.05) is 22.4 Å². The summed E-state index contributed by atoms with van der Waals surface area (Å²) < 4.78 is 7.33. The zero-order valence-electron chi connectivity index (χ0n) is 8.42. The van der Waals surface area contributed by atoms with Crippen molar-refractivity contribution in [2.24, 2.45) is 0 Å². The summed E-state index contributed by atoms with van der Waals surface area (Å²) in [5.74, 6) is 0. The van der Waals surface area contributed by atoms with E-state index in [1.165, 1.54) is 16.3 Å². The summed E-state index contributed by atoms with van der Waals surface area (Å²) in [6.07, 6.45) is 5.77. The minimum absolute atomic E-state index is 0.822. The molecule has 0 saturated heterocycles. The van der Waals surface area contributed by atoms with Crippen LogP contribution in [0.4, 0.5) is 0 Å². The first-order chi connectivity index (χ1) is 7.93. The van der Waals surface area contributed by atoms with Crippen LogP contribution in [0.15, 0.2) is 53.4 Å². The minimum atomic E-state index is 0.822. The highest BCUT2D eigenvalue weighted by molar-refractivity contribution is 6.10. The van der Waals surface area contributed by atoms with Gasteiger partial charge in [0.25, 0.3) is 0 Å². The van der Waals surface area contributed by atoms with Gasteiger partial charge in [-0.3, -0.25) is 0 Å². The Labute approximate surface area is 90.9 Å². The Morgan fingerprint density at radius 2 is 1.94 bits per heavy atom. The Morgan fingerprint density at radius 3 is 2.94 bits per heavy atom. The van der Waals surface area contributed by atoms with Gasteiger partial charge in [-0.2, -0.15) is 0 Å². The van der Waals surface area contributed by atoms with Crippen molar-refractivity contribution in [2.45, 2.75) is 0 Å². The van der Waals surface area contributed by atoms with Crippen LogP contribution in [0, 0.1) is 0 Å². The van der Waals surface area contributed by atoms with E-state index in [1.807, 2.05) is 12.3 Å². The molecule has 0 unspecified atom stereocenters. The van der Waals surface area contributed by atoms with Crippen LogP contribution in [0.25, 0.3) is 27.3 Å². The summed E-state index contributed by atoms with van der Waals surface area (Å²) in [6.45, 7) is 0. The molecule has 0 amide bonds. The molecule has 0 N–H and O–H groups in total. The topological polar surface area (TPSA) is 30.4 Å². The molecule has 0 aliphatic heterocycles. The largest absolute Gasteiger partial charge is 0.355 e. The lowest BCUT2D eigenvalue weighted by Gasteiger charge is -1.89. The average molecular weight is 208 g/mol. The number of hydrogen-bond acceptors (Lipinski definition) is 2. The van der Waals surface area contributed by atoms with E-state index in [2.05, 4.69) is 40.0 Å². The lowest BCUT2D eigenvalue weighted by Crippen LogP contribution is -1.69. The Bertz CT molecular complexity index is 745. The summed E-state index contributed by atoms with van der Waals surface area (Å²) in [4.78, 5) is 0. The molecule has 3 heteroatoms. The van der Waals surface area contributed by atoms with E-state index in [1.54, 1.807) is 6.20 Å². The Kier molecular flexibility index (Phi) is 1.31. The summed E-state index contributed by atoms with van der Waals surface area (Å²) in [5, 5.41) is 7.38. The quantitative estimate of drug-likeness (QED) is 0.444. The van der Waals surface area contributed by atoms with Crippen molar-refractivity contribution < 1.29 is 4.52 Å². The third kappa shape index (κ3) is 0.852. The van der Waals surface area contributed by atoms with Crippen LogP contribution in [0.2, 0.25) is 0 Å². The third-order valence-electron chi connectivity index (χ3n) is 2.98. The maximum Gasteiger partial charge on any atom is 0.183 e. The average Bonchev–Trinajstić information content (AvgIpc) is 2.83. The number of benzene rings is 1. The van der Waals surface area contributed by atoms with E-state index in [4.69, 9.17) is 4.52 Å². The van der Waals surface area contributed by atoms with Crippen LogP contribution in [0.1, 0.15) is 0 Å². The predicted molar refractivity (Wildman–Crippen MR) is 62.5 cm³/mol. The molecule has 0 saturated carbocycles. The second kappa shape index (κ2) is 2.64. The maximum absolute atomic E-state index is 5.23. The SMILES string of the molecule is c1ccc2c(c1)cn1cc3onccc3c21. The lowest BCUT2D eigenvalue weighted by atomic mass is 10.2.